The van der Waals surface area contributed by atoms with Gasteiger partial charge in [0.2, 0.25) is 0 Å². The molecule has 2 heterocycles. The number of halogens is 4. The number of carbonyl (C=O) groups is 1. The second kappa shape index (κ2) is 9.87. The van der Waals surface area contributed by atoms with E-state index >= 15 is 0 Å². The molecule has 1 fully saturated rings. The van der Waals surface area contributed by atoms with E-state index in [-0.39, 0.29) is 17.7 Å². The zero-order chi connectivity index (χ0) is 24.5. The first-order valence-corrected chi connectivity index (χ1v) is 12.0. The van der Waals surface area contributed by atoms with Gasteiger partial charge in [-0.15, -0.1) is 11.3 Å². The summed E-state index contributed by atoms with van der Waals surface area (Å²) in [5.74, 6) is -1.20. The Balaban J connectivity index is 1.63. The summed E-state index contributed by atoms with van der Waals surface area (Å²) in [4.78, 5) is 10.7. The Labute approximate surface area is 201 Å². The number of hydrogen-bond donors (Lipinski definition) is 1. The predicted molar refractivity (Wildman–Crippen MR) is 124 cm³/mol. The normalized spacial score (nSPS) is 14.1. The maximum absolute atomic E-state index is 14.2. The second-order valence-corrected chi connectivity index (χ2v) is 9.75. The number of benzene rings is 1. The van der Waals surface area contributed by atoms with Crippen molar-refractivity contribution in [3.8, 4) is 11.3 Å². The number of thiazole rings is 1. The highest BCUT2D eigenvalue weighted by Gasteiger charge is 2.31. The summed E-state index contributed by atoms with van der Waals surface area (Å²) < 4.78 is 62.7. The molecule has 0 aliphatic heterocycles. The fourth-order valence-electron chi connectivity index (χ4n) is 3.70. The maximum atomic E-state index is 14.2. The van der Waals surface area contributed by atoms with Crippen molar-refractivity contribution in [1.29, 1.82) is 0 Å². The number of carboxylic acid groups (broad SMARTS) is 1. The van der Waals surface area contributed by atoms with E-state index in [1.807, 2.05) is 0 Å². The lowest BCUT2D eigenvalue weighted by molar-refractivity contribution is -0.138. The van der Waals surface area contributed by atoms with Crippen LogP contribution < -0.4 is 9.88 Å². The van der Waals surface area contributed by atoms with Crippen molar-refractivity contribution in [2.24, 2.45) is 0 Å². The van der Waals surface area contributed by atoms with E-state index in [0.29, 0.717) is 28.7 Å². The molecule has 4 nitrogen and oxygen atoms in total. The number of unbranched alkanes of at least 4 members (excludes halogenated alkanes) is 2. The topological polar surface area (TPSA) is 55.4 Å². The van der Waals surface area contributed by atoms with Gasteiger partial charge in [-0.3, -0.25) is 4.79 Å². The van der Waals surface area contributed by atoms with Gasteiger partial charge >= 0.3 is 12.1 Å². The third kappa shape index (κ3) is 5.67. The van der Waals surface area contributed by atoms with Crippen LogP contribution >= 0.6 is 23.6 Å². The van der Waals surface area contributed by atoms with Crippen molar-refractivity contribution in [3.63, 3.8) is 0 Å². The minimum Gasteiger partial charge on any atom is -0.481 e. The molecule has 10 heteroatoms. The first kappa shape index (κ1) is 24.4. The van der Waals surface area contributed by atoms with Crippen molar-refractivity contribution in [2.45, 2.75) is 51.2 Å². The molecule has 1 aliphatic carbocycles. The number of aromatic nitrogens is 1. The Morgan fingerprint density at radius 3 is 2.62 bits per heavy atom. The molecule has 4 rings (SSSR count). The Morgan fingerprint density at radius 1 is 1.18 bits per heavy atom. The fraction of sp³-hybridized carbons (Fsp3) is 0.333. The average molecular weight is 512 g/mol. The number of alkyl halides is 3. The summed E-state index contributed by atoms with van der Waals surface area (Å²) in [7, 11) is 0. The molecule has 0 bridgehead atoms. The lowest BCUT2D eigenvalue weighted by Crippen LogP contribution is -2.29. The summed E-state index contributed by atoms with van der Waals surface area (Å²) in [6, 6.07) is 5.27. The highest BCUT2D eigenvalue weighted by Crippen LogP contribution is 2.34. The number of carboxylic acids is 1. The van der Waals surface area contributed by atoms with Crippen LogP contribution in [0.1, 0.15) is 49.8 Å². The molecule has 0 saturated heterocycles. The largest absolute Gasteiger partial charge is 0.481 e. The summed E-state index contributed by atoms with van der Waals surface area (Å²) in [5, 5.41) is 9.80. The minimum absolute atomic E-state index is 0.0111. The summed E-state index contributed by atoms with van der Waals surface area (Å²) in [6.07, 6.45) is 1.45. The van der Waals surface area contributed by atoms with E-state index in [4.69, 9.17) is 21.7 Å². The molecule has 180 valence electrons. The van der Waals surface area contributed by atoms with Crippen LogP contribution in [0, 0.1) is 9.77 Å². The van der Waals surface area contributed by atoms with Gasteiger partial charge in [-0.05, 0) is 73.8 Å². The molecule has 1 aliphatic rings. The van der Waals surface area contributed by atoms with Gasteiger partial charge in [0.15, 0.2) is 3.95 Å². The number of nitrogens with zero attached hydrogens (tertiary/aromatic N) is 1. The van der Waals surface area contributed by atoms with E-state index in [1.165, 1.54) is 23.0 Å². The molecule has 0 radical (unpaired) electrons. The first-order chi connectivity index (χ1) is 16.1. The lowest BCUT2D eigenvalue weighted by Gasteiger charge is -2.08. The number of hydrogen-bond acceptors (Lipinski definition) is 4. The van der Waals surface area contributed by atoms with E-state index in [2.05, 4.69) is 4.57 Å². The summed E-state index contributed by atoms with van der Waals surface area (Å²) >= 11 is 6.97. The summed E-state index contributed by atoms with van der Waals surface area (Å²) in [6.45, 7) is 0.681. The third-order valence-corrected chi connectivity index (χ3v) is 6.88. The SMILES string of the molecule is O=C(O)CCCCCn1c(=S)s/c(=C/c2ccc(-c3cc(C(F)(F)F)ccc3F)o2)c1=C1CC1. The van der Waals surface area contributed by atoms with E-state index in [0.717, 1.165) is 47.7 Å². The Hall–Kier alpha value is -2.72. The highest BCUT2D eigenvalue weighted by molar-refractivity contribution is 7.73. The quantitative estimate of drug-likeness (QED) is 0.225. The summed E-state index contributed by atoms with van der Waals surface area (Å²) in [5.41, 5.74) is 0.0642. The molecule has 0 unspecified atom stereocenters. The van der Waals surface area contributed by atoms with Crippen LogP contribution in [0.15, 0.2) is 34.7 Å². The molecular formula is C24H21F4NO3S2. The lowest BCUT2D eigenvalue weighted by atomic mass is 10.1. The van der Waals surface area contributed by atoms with Crippen molar-refractivity contribution >= 4 is 41.2 Å². The zero-order valence-corrected chi connectivity index (χ0v) is 19.6. The van der Waals surface area contributed by atoms with E-state index < -0.39 is 23.5 Å². The fourth-order valence-corrected chi connectivity index (χ4v) is 5.16. The number of aliphatic carboxylic acids is 1. The maximum Gasteiger partial charge on any atom is 0.416 e. The van der Waals surface area contributed by atoms with Gasteiger partial charge in [-0.1, -0.05) is 6.42 Å². The van der Waals surface area contributed by atoms with Crippen molar-refractivity contribution < 1.29 is 31.9 Å². The molecule has 2 aromatic heterocycles. The van der Waals surface area contributed by atoms with Gasteiger partial charge in [0.05, 0.1) is 21.0 Å². The smallest absolute Gasteiger partial charge is 0.416 e. The molecule has 3 aromatic rings. The monoisotopic (exact) mass is 511 g/mol. The van der Waals surface area contributed by atoms with Gasteiger partial charge < -0.3 is 14.1 Å². The van der Waals surface area contributed by atoms with Crippen LogP contribution in [0.2, 0.25) is 0 Å². The zero-order valence-electron chi connectivity index (χ0n) is 18.0. The van der Waals surface area contributed by atoms with Gasteiger partial charge in [-0.2, -0.15) is 13.2 Å². The first-order valence-electron chi connectivity index (χ1n) is 10.8. The molecule has 1 N–H and O–H groups in total. The van der Waals surface area contributed by atoms with Crippen molar-refractivity contribution in [1.82, 2.24) is 4.57 Å². The van der Waals surface area contributed by atoms with Gasteiger partial charge in [0, 0.05) is 19.0 Å². The van der Waals surface area contributed by atoms with E-state index in [9.17, 15) is 22.4 Å². The van der Waals surface area contributed by atoms with E-state index in [1.54, 1.807) is 12.1 Å². The average Bonchev–Trinajstić information content (AvgIpc) is 3.41. The molecule has 1 aromatic carbocycles. The molecular weight excluding hydrogens is 490 g/mol. The Morgan fingerprint density at radius 2 is 1.94 bits per heavy atom. The van der Waals surface area contributed by atoms with Crippen LogP contribution in [-0.4, -0.2) is 15.6 Å². The minimum atomic E-state index is -4.58. The molecule has 0 amide bonds. The standard InChI is InChI=1S/C24H21F4NO3S2/c25-18-9-7-15(24(26,27)28)12-17(18)19-10-8-16(32-19)13-20-22(14-5-6-14)29(23(33)34-20)11-3-1-2-4-21(30)31/h7-10,12-13H,1-6,11H2,(H,30,31)/b20-13+. The highest BCUT2D eigenvalue weighted by atomic mass is 32.1. The number of furan rings is 1. The van der Waals surface area contributed by atoms with Crippen molar-refractivity contribution in [2.75, 3.05) is 0 Å². The van der Waals surface area contributed by atoms with Crippen molar-refractivity contribution in [3.05, 3.63) is 61.3 Å². The predicted octanol–water partition coefficient (Wildman–Crippen LogP) is 6.12. The van der Waals surface area contributed by atoms with Gasteiger partial charge in [-0.25, -0.2) is 4.39 Å². The number of rotatable bonds is 8. The molecule has 1 saturated carbocycles. The van der Waals surface area contributed by atoms with Crippen LogP contribution in [0.25, 0.3) is 23.0 Å². The molecule has 34 heavy (non-hydrogen) atoms. The van der Waals surface area contributed by atoms with Crippen LogP contribution in [0.5, 0.6) is 0 Å². The molecule has 0 spiro atoms. The second-order valence-electron chi connectivity index (χ2n) is 8.08. The van der Waals surface area contributed by atoms with Gasteiger partial charge in [0.25, 0.3) is 0 Å². The van der Waals surface area contributed by atoms with Crippen LogP contribution in [0.4, 0.5) is 17.6 Å². The van der Waals surface area contributed by atoms with Gasteiger partial charge in [0.1, 0.15) is 17.3 Å². The molecule has 0 atom stereocenters. The Bertz CT molecular complexity index is 1390. The van der Waals surface area contributed by atoms with Crippen LogP contribution in [0.3, 0.4) is 0 Å². The Kier molecular flexibility index (Phi) is 7.09. The third-order valence-electron chi connectivity index (χ3n) is 5.49. The van der Waals surface area contributed by atoms with Crippen LogP contribution in [-0.2, 0) is 17.5 Å².